The fraction of sp³-hybridized carbons (Fsp3) is 0.417. The average molecular weight is 506 g/mol. The summed E-state index contributed by atoms with van der Waals surface area (Å²) in [4.78, 5) is 12.9. The standard InChI is InChI=1S/C24H31N3O5S2/c1-3-31-16-17-32-22-7-5-4-6-21(22)23(28)26-24(33)25-19-8-10-20(11-9-19)34(29,30)27-14-12-18(2)13-15-27/h4-11,18H,3,12-17H2,1-2H3,(H2,25,26,28,33). The summed E-state index contributed by atoms with van der Waals surface area (Å²) in [5.74, 6) is 0.565. The lowest BCUT2D eigenvalue weighted by molar-refractivity contribution is 0.0958. The van der Waals surface area contributed by atoms with Gasteiger partial charge in [-0.15, -0.1) is 0 Å². The number of carbonyl (C=O) groups is 1. The predicted molar refractivity (Wildman–Crippen MR) is 136 cm³/mol. The molecule has 0 atom stereocenters. The summed E-state index contributed by atoms with van der Waals surface area (Å²) in [7, 11) is -3.52. The maximum atomic E-state index is 12.9. The molecule has 0 radical (unpaired) electrons. The van der Waals surface area contributed by atoms with Crippen LogP contribution in [0.25, 0.3) is 0 Å². The third-order valence-electron chi connectivity index (χ3n) is 5.54. The Morgan fingerprint density at radius 1 is 1.09 bits per heavy atom. The highest BCUT2D eigenvalue weighted by molar-refractivity contribution is 7.89. The molecule has 0 aliphatic carbocycles. The van der Waals surface area contributed by atoms with Gasteiger partial charge in [-0.1, -0.05) is 19.1 Å². The van der Waals surface area contributed by atoms with Gasteiger partial charge in [0.1, 0.15) is 12.4 Å². The molecule has 2 aromatic carbocycles. The van der Waals surface area contributed by atoms with Crippen LogP contribution in [0.3, 0.4) is 0 Å². The quantitative estimate of drug-likeness (QED) is 0.397. The van der Waals surface area contributed by atoms with Gasteiger partial charge < -0.3 is 14.8 Å². The number of nitrogens with zero attached hydrogens (tertiary/aromatic N) is 1. The summed E-state index contributed by atoms with van der Waals surface area (Å²) in [6.07, 6.45) is 1.74. The molecule has 1 saturated heterocycles. The van der Waals surface area contributed by atoms with E-state index < -0.39 is 15.9 Å². The second kappa shape index (κ2) is 12.3. The van der Waals surface area contributed by atoms with Crippen molar-refractivity contribution in [1.29, 1.82) is 0 Å². The molecule has 34 heavy (non-hydrogen) atoms. The first-order valence-corrected chi connectivity index (χ1v) is 13.2. The highest BCUT2D eigenvalue weighted by Gasteiger charge is 2.27. The molecule has 0 spiro atoms. The zero-order valence-electron chi connectivity index (χ0n) is 19.5. The molecule has 10 heteroatoms. The highest BCUT2D eigenvalue weighted by atomic mass is 32.2. The fourth-order valence-electron chi connectivity index (χ4n) is 3.55. The van der Waals surface area contributed by atoms with Crippen molar-refractivity contribution in [2.24, 2.45) is 5.92 Å². The van der Waals surface area contributed by atoms with Crippen LogP contribution in [0.1, 0.15) is 37.0 Å². The van der Waals surface area contributed by atoms with E-state index in [1.807, 2.05) is 6.92 Å². The van der Waals surface area contributed by atoms with Gasteiger partial charge >= 0.3 is 0 Å². The van der Waals surface area contributed by atoms with E-state index in [0.717, 1.165) is 12.8 Å². The molecular formula is C24H31N3O5S2. The van der Waals surface area contributed by atoms with Gasteiger partial charge in [-0.05, 0) is 74.3 Å². The van der Waals surface area contributed by atoms with Crippen LogP contribution in [-0.2, 0) is 14.8 Å². The molecule has 8 nitrogen and oxygen atoms in total. The summed E-state index contributed by atoms with van der Waals surface area (Å²) in [5, 5.41) is 5.64. The lowest BCUT2D eigenvalue weighted by Crippen LogP contribution is -2.37. The molecule has 1 aliphatic rings. The number of hydrogen-bond acceptors (Lipinski definition) is 6. The number of anilines is 1. The Morgan fingerprint density at radius 3 is 2.44 bits per heavy atom. The van der Waals surface area contributed by atoms with Gasteiger partial charge in [0, 0.05) is 25.4 Å². The molecule has 1 heterocycles. The monoisotopic (exact) mass is 505 g/mol. The maximum Gasteiger partial charge on any atom is 0.261 e. The van der Waals surface area contributed by atoms with Crippen LogP contribution in [0.4, 0.5) is 5.69 Å². The van der Waals surface area contributed by atoms with Crippen LogP contribution < -0.4 is 15.4 Å². The lowest BCUT2D eigenvalue weighted by atomic mass is 10.0. The molecule has 1 fully saturated rings. The zero-order valence-corrected chi connectivity index (χ0v) is 21.1. The predicted octanol–water partition coefficient (Wildman–Crippen LogP) is 3.65. The minimum atomic E-state index is -3.52. The van der Waals surface area contributed by atoms with Crippen molar-refractivity contribution in [3.63, 3.8) is 0 Å². The summed E-state index contributed by atoms with van der Waals surface area (Å²) in [6, 6.07) is 13.2. The number of carbonyl (C=O) groups excluding carboxylic acids is 1. The Balaban J connectivity index is 1.58. The lowest BCUT2D eigenvalue weighted by Gasteiger charge is -2.29. The largest absolute Gasteiger partial charge is 0.490 e. The summed E-state index contributed by atoms with van der Waals surface area (Å²) in [6.45, 7) is 6.46. The van der Waals surface area contributed by atoms with Gasteiger partial charge in [-0.3, -0.25) is 10.1 Å². The van der Waals surface area contributed by atoms with Crippen molar-refractivity contribution in [3.8, 4) is 5.75 Å². The van der Waals surface area contributed by atoms with Crippen molar-refractivity contribution >= 4 is 38.9 Å². The zero-order chi connectivity index (χ0) is 24.6. The molecule has 3 rings (SSSR count). The van der Waals surface area contributed by atoms with E-state index in [2.05, 4.69) is 17.6 Å². The number of para-hydroxylation sites is 1. The molecule has 184 valence electrons. The topological polar surface area (TPSA) is 97.0 Å². The minimum absolute atomic E-state index is 0.0924. The van der Waals surface area contributed by atoms with E-state index in [1.54, 1.807) is 48.5 Å². The number of benzene rings is 2. The molecule has 0 aromatic heterocycles. The summed E-state index contributed by atoms with van der Waals surface area (Å²) < 4.78 is 38.2. The molecule has 2 aromatic rings. The van der Waals surface area contributed by atoms with Gasteiger partial charge in [0.2, 0.25) is 10.0 Å². The van der Waals surface area contributed by atoms with E-state index in [9.17, 15) is 13.2 Å². The molecule has 1 amide bonds. The fourth-order valence-corrected chi connectivity index (χ4v) is 5.23. The van der Waals surface area contributed by atoms with Gasteiger partial charge in [0.25, 0.3) is 5.91 Å². The van der Waals surface area contributed by atoms with Crippen LogP contribution in [0, 0.1) is 5.92 Å². The maximum absolute atomic E-state index is 12.9. The smallest absolute Gasteiger partial charge is 0.261 e. The van der Waals surface area contributed by atoms with Crippen LogP contribution >= 0.6 is 12.2 Å². The van der Waals surface area contributed by atoms with E-state index in [1.165, 1.54) is 4.31 Å². The molecule has 0 bridgehead atoms. The molecular weight excluding hydrogens is 474 g/mol. The van der Waals surface area contributed by atoms with Crippen LogP contribution in [-0.4, -0.2) is 56.7 Å². The Hall–Kier alpha value is -2.53. The Bertz CT molecular complexity index is 1080. The molecule has 2 N–H and O–H groups in total. The molecule has 1 aliphatic heterocycles. The van der Waals surface area contributed by atoms with Gasteiger partial charge in [-0.2, -0.15) is 4.31 Å². The number of ether oxygens (including phenoxy) is 2. The van der Waals surface area contributed by atoms with Gasteiger partial charge in [0.05, 0.1) is 17.1 Å². The second-order valence-corrected chi connectivity index (χ2v) is 10.4. The Labute approximate surface area is 206 Å². The van der Waals surface area contributed by atoms with E-state index in [-0.39, 0.29) is 10.0 Å². The van der Waals surface area contributed by atoms with E-state index in [4.69, 9.17) is 21.7 Å². The second-order valence-electron chi connectivity index (χ2n) is 8.06. The Morgan fingerprint density at radius 2 is 1.76 bits per heavy atom. The first-order valence-electron chi connectivity index (χ1n) is 11.3. The minimum Gasteiger partial charge on any atom is -0.490 e. The number of thiocarbonyl (C=S) groups is 1. The van der Waals surface area contributed by atoms with Crippen molar-refractivity contribution in [2.45, 2.75) is 31.6 Å². The normalized spacial score (nSPS) is 15.0. The van der Waals surface area contributed by atoms with Crippen molar-refractivity contribution in [3.05, 3.63) is 54.1 Å². The SMILES string of the molecule is CCOCCOc1ccccc1C(=O)NC(=S)Nc1ccc(S(=O)(=O)N2CCC(C)CC2)cc1. The van der Waals surface area contributed by atoms with Crippen LogP contribution in [0.5, 0.6) is 5.75 Å². The highest BCUT2D eigenvalue weighted by Crippen LogP contribution is 2.24. The number of piperidine rings is 1. The van der Waals surface area contributed by atoms with E-state index >= 15 is 0 Å². The number of sulfonamides is 1. The summed E-state index contributed by atoms with van der Waals surface area (Å²) in [5.41, 5.74) is 0.915. The number of amides is 1. The van der Waals surface area contributed by atoms with Crippen molar-refractivity contribution in [2.75, 3.05) is 38.2 Å². The first kappa shape index (κ1) is 26.1. The Kier molecular flexibility index (Phi) is 9.40. The van der Waals surface area contributed by atoms with E-state index in [0.29, 0.717) is 55.8 Å². The van der Waals surface area contributed by atoms with Crippen molar-refractivity contribution < 1.29 is 22.7 Å². The first-order chi connectivity index (χ1) is 16.3. The average Bonchev–Trinajstić information content (AvgIpc) is 2.82. The van der Waals surface area contributed by atoms with Gasteiger partial charge in [-0.25, -0.2) is 8.42 Å². The van der Waals surface area contributed by atoms with Crippen molar-refractivity contribution in [1.82, 2.24) is 9.62 Å². The number of hydrogen-bond donors (Lipinski definition) is 2. The summed E-state index contributed by atoms with van der Waals surface area (Å²) >= 11 is 5.27. The van der Waals surface area contributed by atoms with Gasteiger partial charge in [0.15, 0.2) is 5.11 Å². The number of rotatable bonds is 9. The van der Waals surface area contributed by atoms with Crippen LogP contribution in [0.15, 0.2) is 53.4 Å². The molecule has 0 saturated carbocycles. The third-order valence-corrected chi connectivity index (χ3v) is 7.66. The number of nitrogens with one attached hydrogen (secondary N) is 2. The molecule has 0 unspecified atom stereocenters. The third kappa shape index (κ3) is 6.99. The van der Waals surface area contributed by atoms with Crippen LogP contribution in [0.2, 0.25) is 0 Å².